The first-order valence-electron chi connectivity index (χ1n) is 4.26. The van der Waals surface area contributed by atoms with E-state index in [1.807, 2.05) is 0 Å². The lowest BCUT2D eigenvalue weighted by molar-refractivity contribution is 0.414. The van der Waals surface area contributed by atoms with Crippen LogP contribution in [0.2, 0.25) is 0 Å². The normalized spacial score (nSPS) is 21.0. The van der Waals surface area contributed by atoms with Crippen molar-refractivity contribution in [1.82, 2.24) is 10.2 Å². The molecule has 0 aromatic carbocycles. The standard InChI is InChI=1S/C8H18N2/c1-3-9-6-8(2)7-10-4-5-10/h8-9H,3-7H2,1-2H3. The maximum atomic E-state index is 3.35. The van der Waals surface area contributed by atoms with Crippen LogP contribution in [0, 0.1) is 5.92 Å². The second-order valence-corrected chi connectivity index (χ2v) is 3.21. The molecule has 1 aliphatic rings. The Bertz CT molecular complexity index is 89.3. The molecule has 1 fully saturated rings. The van der Waals surface area contributed by atoms with Crippen molar-refractivity contribution in [3.8, 4) is 0 Å². The summed E-state index contributed by atoms with van der Waals surface area (Å²) in [7, 11) is 0. The minimum atomic E-state index is 0.822. The maximum absolute atomic E-state index is 3.35. The van der Waals surface area contributed by atoms with E-state index >= 15 is 0 Å². The molecule has 1 heterocycles. The lowest BCUT2D eigenvalue weighted by Crippen LogP contribution is -2.25. The van der Waals surface area contributed by atoms with E-state index < -0.39 is 0 Å². The smallest absolute Gasteiger partial charge is 0.0110 e. The predicted octanol–water partition coefficient (Wildman–Crippen LogP) is 0.548. The minimum Gasteiger partial charge on any atom is -0.317 e. The van der Waals surface area contributed by atoms with Gasteiger partial charge in [0, 0.05) is 19.6 Å². The Morgan fingerprint density at radius 2 is 2.20 bits per heavy atom. The second kappa shape index (κ2) is 3.94. The predicted molar refractivity (Wildman–Crippen MR) is 44.1 cm³/mol. The van der Waals surface area contributed by atoms with Crippen molar-refractivity contribution in [2.75, 3.05) is 32.7 Å². The third kappa shape index (κ3) is 3.18. The quantitative estimate of drug-likeness (QED) is 0.564. The third-order valence-electron chi connectivity index (χ3n) is 1.85. The molecule has 0 bridgehead atoms. The molecule has 1 N–H and O–H groups in total. The highest BCUT2D eigenvalue weighted by Crippen LogP contribution is 2.07. The van der Waals surface area contributed by atoms with E-state index in [1.54, 1.807) is 0 Å². The molecule has 0 saturated carbocycles. The molecule has 2 heteroatoms. The van der Waals surface area contributed by atoms with Crippen LogP contribution in [-0.4, -0.2) is 37.6 Å². The van der Waals surface area contributed by atoms with Crippen molar-refractivity contribution >= 4 is 0 Å². The van der Waals surface area contributed by atoms with Crippen molar-refractivity contribution in [3.05, 3.63) is 0 Å². The van der Waals surface area contributed by atoms with Crippen LogP contribution in [0.3, 0.4) is 0 Å². The molecule has 1 atom stereocenters. The van der Waals surface area contributed by atoms with Crippen LogP contribution in [0.4, 0.5) is 0 Å². The molecule has 1 aliphatic heterocycles. The van der Waals surface area contributed by atoms with Crippen LogP contribution >= 0.6 is 0 Å². The van der Waals surface area contributed by atoms with E-state index in [2.05, 4.69) is 24.1 Å². The first-order valence-corrected chi connectivity index (χ1v) is 4.26. The van der Waals surface area contributed by atoms with E-state index in [9.17, 15) is 0 Å². The molecule has 0 aliphatic carbocycles. The van der Waals surface area contributed by atoms with Gasteiger partial charge in [-0.3, -0.25) is 0 Å². The van der Waals surface area contributed by atoms with Gasteiger partial charge in [0.25, 0.3) is 0 Å². The average molecular weight is 142 g/mol. The van der Waals surface area contributed by atoms with E-state index in [-0.39, 0.29) is 0 Å². The number of hydrogen-bond acceptors (Lipinski definition) is 2. The summed E-state index contributed by atoms with van der Waals surface area (Å²) in [5.74, 6) is 0.822. The summed E-state index contributed by atoms with van der Waals surface area (Å²) >= 11 is 0. The van der Waals surface area contributed by atoms with Gasteiger partial charge in [0.05, 0.1) is 0 Å². The van der Waals surface area contributed by atoms with Gasteiger partial charge >= 0.3 is 0 Å². The van der Waals surface area contributed by atoms with Gasteiger partial charge in [0.2, 0.25) is 0 Å². The zero-order chi connectivity index (χ0) is 7.40. The van der Waals surface area contributed by atoms with E-state index in [1.165, 1.54) is 26.2 Å². The second-order valence-electron chi connectivity index (χ2n) is 3.21. The van der Waals surface area contributed by atoms with Crippen LogP contribution in [0.1, 0.15) is 13.8 Å². The van der Waals surface area contributed by atoms with Crippen LogP contribution in [-0.2, 0) is 0 Å². The molecule has 10 heavy (non-hydrogen) atoms. The van der Waals surface area contributed by atoms with Crippen molar-refractivity contribution in [3.63, 3.8) is 0 Å². The van der Waals surface area contributed by atoms with E-state index in [0.29, 0.717) is 0 Å². The molecule has 1 unspecified atom stereocenters. The van der Waals surface area contributed by atoms with Crippen LogP contribution in [0.25, 0.3) is 0 Å². The van der Waals surface area contributed by atoms with Crippen LogP contribution in [0.15, 0.2) is 0 Å². The zero-order valence-electron chi connectivity index (χ0n) is 7.06. The molecule has 60 valence electrons. The number of hydrogen-bond donors (Lipinski definition) is 1. The highest BCUT2D eigenvalue weighted by molar-refractivity contribution is 4.75. The van der Waals surface area contributed by atoms with Gasteiger partial charge in [-0.05, 0) is 19.0 Å². The number of rotatable bonds is 5. The minimum absolute atomic E-state index is 0.822. The van der Waals surface area contributed by atoms with Crippen molar-refractivity contribution in [2.24, 2.45) is 5.92 Å². The molecular formula is C8H18N2. The SMILES string of the molecule is CCNCC(C)CN1CC1. The van der Waals surface area contributed by atoms with E-state index in [0.717, 1.165) is 12.5 Å². The fraction of sp³-hybridized carbons (Fsp3) is 1.00. The summed E-state index contributed by atoms with van der Waals surface area (Å²) in [4.78, 5) is 2.47. The molecule has 0 aromatic rings. The molecule has 0 aromatic heterocycles. The van der Waals surface area contributed by atoms with Crippen molar-refractivity contribution in [2.45, 2.75) is 13.8 Å². The Kier molecular flexibility index (Phi) is 3.16. The lowest BCUT2D eigenvalue weighted by Gasteiger charge is -2.11. The molecule has 1 rings (SSSR count). The summed E-state index contributed by atoms with van der Waals surface area (Å²) < 4.78 is 0. The third-order valence-corrected chi connectivity index (χ3v) is 1.85. The van der Waals surface area contributed by atoms with Crippen molar-refractivity contribution < 1.29 is 0 Å². The van der Waals surface area contributed by atoms with Gasteiger partial charge in [-0.2, -0.15) is 0 Å². The Labute approximate surface area is 63.6 Å². The zero-order valence-corrected chi connectivity index (χ0v) is 7.06. The first kappa shape index (κ1) is 8.02. The Morgan fingerprint density at radius 3 is 2.70 bits per heavy atom. The van der Waals surface area contributed by atoms with Gasteiger partial charge in [-0.15, -0.1) is 0 Å². The van der Waals surface area contributed by atoms with Gasteiger partial charge in [-0.25, -0.2) is 0 Å². The molecule has 1 saturated heterocycles. The molecule has 0 amide bonds. The summed E-state index contributed by atoms with van der Waals surface area (Å²) in [5.41, 5.74) is 0. The lowest BCUT2D eigenvalue weighted by atomic mass is 10.2. The monoisotopic (exact) mass is 142 g/mol. The van der Waals surface area contributed by atoms with Gasteiger partial charge < -0.3 is 10.2 Å². The summed E-state index contributed by atoms with van der Waals surface area (Å²) in [6, 6.07) is 0. The van der Waals surface area contributed by atoms with E-state index in [4.69, 9.17) is 0 Å². The Hall–Kier alpha value is -0.0800. The first-order chi connectivity index (χ1) is 4.83. The molecule has 2 nitrogen and oxygen atoms in total. The highest BCUT2D eigenvalue weighted by Gasteiger charge is 2.18. The van der Waals surface area contributed by atoms with Crippen LogP contribution in [0.5, 0.6) is 0 Å². The number of nitrogens with one attached hydrogen (secondary N) is 1. The van der Waals surface area contributed by atoms with Crippen LogP contribution < -0.4 is 5.32 Å². The summed E-state index contributed by atoms with van der Waals surface area (Å²) in [5, 5.41) is 3.35. The van der Waals surface area contributed by atoms with Gasteiger partial charge in [0.1, 0.15) is 0 Å². The topological polar surface area (TPSA) is 15.0 Å². The summed E-state index contributed by atoms with van der Waals surface area (Å²) in [6.07, 6.45) is 0. The maximum Gasteiger partial charge on any atom is 0.0110 e. The molecule has 0 spiro atoms. The van der Waals surface area contributed by atoms with Crippen molar-refractivity contribution in [1.29, 1.82) is 0 Å². The Morgan fingerprint density at radius 1 is 1.50 bits per heavy atom. The molecule has 0 radical (unpaired) electrons. The van der Waals surface area contributed by atoms with Gasteiger partial charge in [-0.1, -0.05) is 13.8 Å². The fourth-order valence-corrected chi connectivity index (χ4v) is 1.15. The Balaban J connectivity index is 1.91. The largest absolute Gasteiger partial charge is 0.317 e. The number of nitrogens with zero attached hydrogens (tertiary/aromatic N) is 1. The highest BCUT2D eigenvalue weighted by atomic mass is 15.3. The summed E-state index contributed by atoms with van der Waals surface area (Å²) in [6.45, 7) is 10.7. The van der Waals surface area contributed by atoms with Gasteiger partial charge in [0.15, 0.2) is 0 Å². The fourth-order valence-electron chi connectivity index (χ4n) is 1.15. The average Bonchev–Trinajstić information content (AvgIpc) is 2.67. The molecular weight excluding hydrogens is 124 g/mol.